The Hall–Kier alpha value is -2.53. The van der Waals surface area contributed by atoms with Gasteiger partial charge in [-0.2, -0.15) is 0 Å². The van der Waals surface area contributed by atoms with Gasteiger partial charge in [-0.15, -0.1) is 0 Å². The van der Waals surface area contributed by atoms with Crippen LogP contribution in [0.2, 0.25) is 0 Å². The van der Waals surface area contributed by atoms with Crippen molar-refractivity contribution in [3.8, 4) is 11.5 Å². The Labute approximate surface area is 147 Å². The number of ether oxygens (including phenoxy) is 2. The number of rotatable bonds is 8. The smallest absolute Gasteiger partial charge is 0.161 e. The highest BCUT2D eigenvalue weighted by Gasteiger charge is 2.17. The zero-order chi connectivity index (χ0) is 17.6. The van der Waals surface area contributed by atoms with Crippen molar-refractivity contribution in [2.45, 2.75) is 32.4 Å². The summed E-state index contributed by atoms with van der Waals surface area (Å²) in [6.07, 6.45) is 1.03. The first kappa shape index (κ1) is 17.3. The van der Waals surface area contributed by atoms with Crippen molar-refractivity contribution in [2.24, 2.45) is 0 Å². The molecule has 0 unspecified atom stereocenters. The normalized spacial score (nSPS) is 12.3. The maximum Gasteiger partial charge on any atom is 0.161 e. The van der Waals surface area contributed by atoms with E-state index in [-0.39, 0.29) is 0 Å². The van der Waals surface area contributed by atoms with Crippen molar-refractivity contribution in [1.29, 1.82) is 0 Å². The van der Waals surface area contributed by atoms with Crippen LogP contribution in [0.15, 0.2) is 48.5 Å². The van der Waals surface area contributed by atoms with E-state index in [1.54, 1.807) is 7.11 Å². The van der Waals surface area contributed by atoms with E-state index in [1.807, 2.05) is 53.1 Å². The van der Waals surface area contributed by atoms with Crippen molar-refractivity contribution >= 4 is 11.0 Å². The molecule has 3 aromatic rings. The van der Waals surface area contributed by atoms with Crippen molar-refractivity contribution in [2.75, 3.05) is 13.7 Å². The molecule has 3 rings (SSSR count). The number of aliphatic hydroxyl groups excluding tert-OH is 1. The maximum atomic E-state index is 10.5. The number of fused-ring (bicyclic) bond motifs is 1. The fourth-order valence-corrected chi connectivity index (χ4v) is 2.97. The van der Waals surface area contributed by atoms with Crippen LogP contribution in [0.25, 0.3) is 11.0 Å². The molecule has 0 aliphatic rings. The summed E-state index contributed by atoms with van der Waals surface area (Å²) in [6.45, 7) is 3.13. The van der Waals surface area contributed by atoms with Crippen LogP contribution in [0.5, 0.6) is 11.5 Å². The van der Waals surface area contributed by atoms with Crippen LogP contribution in [0.1, 0.15) is 31.7 Å². The summed E-state index contributed by atoms with van der Waals surface area (Å²) in [5.41, 5.74) is 1.90. The molecule has 5 heteroatoms. The van der Waals surface area contributed by atoms with Gasteiger partial charge < -0.3 is 19.1 Å². The van der Waals surface area contributed by atoms with Crippen molar-refractivity contribution in [3.63, 3.8) is 0 Å². The van der Waals surface area contributed by atoms with Gasteiger partial charge in [0, 0.05) is 0 Å². The van der Waals surface area contributed by atoms with Gasteiger partial charge in [0.2, 0.25) is 0 Å². The Morgan fingerprint density at radius 3 is 2.56 bits per heavy atom. The summed E-state index contributed by atoms with van der Waals surface area (Å²) >= 11 is 0. The molecule has 1 aromatic heterocycles. The van der Waals surface area contributed by atoms with Gasteiger partial charge in [0.05, 0.1) is 24.7 Å². The third-order valence-electron chi connectivity index (χ3n) is 4.19. The fraction of sp³-hybridized carbons (Fsp3) is 0.350. The molecule has 1 heterocycles. The molecule has 0 saturated carbocycles. The maximum absolute atomic E-state index is 10.5. The summed E-state index contributed by atoms with van der Waals surface area (Å²) in [4.78, 5) is 4.62. The van der Waals surface area contributed by atoms with Crippen molar-refractivity contribution < 1.29 is 14.6 Å². The molecule has 0 fully saturated rings. The highest BCUT2D eigenvalue weighted by atomic mass is 16.5. The Morgan fingerprint density at radius 2 is 1.80 bits per heavy atom. The quantitative estimate of drug-likeness (QED) is 0.674. The first-order valence-corrected chi connectivity index (χ1v) is 8.63. The topological polar surface area (TPSA) is 56.5 Å². The molecule has 5 nitrogen and oxygen atoms in total. The molecule has 1 N–H and O–H groups in total. The number of hydrogen-bond acceptors (Lipinski definition) is 4. The minimum Gasteiger partial charge on any atom is -0.493 e. The molecule has 0 saturated heterocycles. The second-order valence-corrected chi connectivity index (χ2v) is 5.91. The van der Waals surface area contributed by atoms with E-state index in [4.69, 9.17) is 9.47 Å². The van der Waals surface area contributed by atoms with Crippen LogP contribution in [-0.4, -0.2) is 28.4 Å². The summed E-state index contributed by atoms with van der Waals surface area (Å²) < 4.78 is 13.2. The van der Waals surface area contributed by atoms with Gasteiger partial charge in [-0.3, -0.25) is 0 Å². The summed E-state index contributed by atoms with van der Waals surface area (Å²) in [7, 11) is 1.63. The van der Waals surface area contributed by atoms with Crippen LogP contribution in [0.3, 0.4) is 0 Å². The molecular formula is C20H24N2O3. The number of methoxy groups -OCH3 is 1. The molecule has 0 spiro atoms. The highest BCUT2D eigenvalue weighted by molar-refractivity contribution is 5.76. The number of aliphatic hydroxyl groups is 1. The zero-order valence-electron chi connectivity index (χ0n) is 14.7. The Kier molecular flexibility index (Phi) is 5.56. The average Bonchev–Trinajstić information content (AvgIpc) is 3.01. The van der Waals surface area contributed by atoms with Crippen LogP contribution < -0.4 is 9.47 Å². The van der Waals surface area contributed by atoms with E-state index < -0.39 is 6.10 Å². The van der Waals surface area contributed by atoms with Gasteiger partial charge in [0.25, 0.3) is 0 Å². The molecule has 0 aliphatic carbocycles. The van der Waals surface area contributed by atoms with E-state index in [0.29, 0.717) is 36.9 Å². The predicted molar refractivity (Wildman–Crippen MR) is 98.1 cm³/mol. The number of para-hydroxylation sites is 4. The third kappa shape index (κ3) is 3.77. The Bertz CT molecular complexity index is 829. The minimum atomic E-state index is -0.566. The first-order chi connectivity index (χ1) is 12.2. The lowest BCUT2D eigenvalue weighted by atomic mass is 10.2. The SMILES string of the molecule is CCC[C@H](O)c1nc2ccccc2n1CCOc1ccccc1OC. The molecule has 0 aliphatic heterocycles. The van der Waals surface area contributed by atoms with Crippen molar-refractivity contribution in [3.05, 3.63) is 54.4 Å². The minimum absolute atomic E-state index is 0.465. The molecule has 25 heavy (non-hydrogen) atoms. The first-order valence-electron chi connectivity index (χ1n) is 8.63. The lowest BCUT2D eigenvalue weighted by Crippen LogP contribution is -2.14. The van der Waals surface area contributed by atoms with Crippen LogP contribution in [-0.2, 0) is 6.54 Å². The number of imidazole rings is 1. The van der Waals surface area contributed by atoms with E-state index in [0.717, 1.165) is 17.5 Å². The summed E-state index contributed by atoms with van der Waals surface area (Å²) in [6, 6.07) is 15.5. The second kappa shape index (κ2) is 8.03. The van der Waals surface area contributed by atoms with Crippen LogP contribution in [0, 0.1) is 0 Å². The molecule has 0 amide bonds. The zero-order valence-corrected chi connectivity index (χ0v) is 14.7. The Morgan fingerprint density at radius 1 is 1.08 bits per heavy atom. The standard InChI is InChI=1S/C20H24N2O3/c1-3-8-17(23)20-21-15-9-4-5-10-16(15)22(20)13-14-25-19-12-7-6-11-18(19)24-2/h4-7,9-12,17,23H,3,8,13-14H2,1-2H3/t17-/m0/s1. The van der Waals surface area contributed by atoms with Gasteiger partial charge in [-0.05, 0) is 30.7 Å². The molecule has 0 radical (unpaired) electrons. The molecular weight excluding hydrogens is 316 g/mol. The fourth-order valence-electron chi connectivity index (χ4n) is 2.97. The van der Waals surface area contributed by atoms with Gasteiger partial charge >= 0.3 is 0 Å². The van der Waals surface area contributed by atoms with Crippen LogP contribution >= 0.6 is 0 Å². The average molecular weight is 340 g/mol. The number of nitrogens with zero attached hydrogens (tertiary/aromatic N) is 2. The molecule has 0 bridgehead atoms. The summed E-state index contributed by atoms with van der Waals surface area (Å²) in [5, 5.41) is 10.5. The van der Waals surface area contributed by atoms with E-state index in [2.05, 4.69) is 11.9 Å². The van der Waals surface area contributed by atoms with Gasteiger partial charge in [0.15, 0.2) is 11.5 Å². The van der Waals surface area contributed by atoms with Crippen molar-refractivity contribution in [1.82, 2.24) is 9.55 Å². The van der Waals surface area contributed by atoms with Gasteiger partial charge in [-0.1, -0.05) is 37.6 Å². The highest BCUT2D eigenvalue weighted by Crippen LogP contribution is 2.27. The predicted octanol–water partition coefficient (Wildman–Crippen LogP) is 3.96. The molecule has 1 atom stereocenters. The van der Waals surface area contributed by atoms with Crippen LogP contribution in [0.4, 0.5) is 0 Å². The van der Waals surface area contributed by atoms with E-state index >= 15 is 0 Å². The second-order valence-electron chi connectivity index (χ2n) is 5.91. The van der Waals surface area contributed by atoms with E-state index in [1.165, 1.54) is 0 Å². The van der Waals surface area contributed by atoms with Gasteiger partial charge in [-0.25, -0.2) is 4.98 Å². The molecule has 132 valence electrons. The number of aromatic nitrogens is 2. The monoisotopic (exact) mass is 340 g/mol. The Balaban J connectivity index is 1.81. The lowest BCUT2D eigenvalue weighted by Gasteiger charge is -2.15. The lowest BCUT2D eigenvalue weighted by molar-refractivity contribution is 0.150. The number of benzene rings is 2. The largest absolute Gasteiger partial charge is 0.493 e. The third-order valence-corrected chi connectivity index (χ3v) is 4.19. The van der Waals surface area contributed by atoms with Gasteiger partial charge in [0.1, 0.15) is 18.5 Å². The van der Waals surface area contributed by atoms with E-state index in [9.17, 15) is 5.11 Å². The number of hydrogen-bond donors (Lipinski definition) is 1. The molecule has 2 aromatic carbocycles. The summed E-state index contributed by atoms with van der Waals surface area (Å²) in [5.74, 6) is 2.13.